The maximum atomic E-state index is 10.3. The molecule has 0 saturated heterocycles. The smallest absolute Gasteiger partial charge is 0.269 e. The Morgan fingerprint density at radius 2 is 1.93 bits per heavy atom. The number of nitrogens with zero attached hydrogens (tertiary/aromatic N) is 1. The summed E-state index contributed by atoms with van der Waals surface area (Å²) in [5.74, 6) is 0. The van der Waals surface area contributed by atoms with Crippen LogP contribution in [0.5, 0.6) is 0 Å². The van der Waals surface area contributed by atoms with Gasteiger partial charge in [-0.1, -0.05) is 6.04 Å². The Kier molecular flexibility index (Phi) is 3.73. The summed E-state index contributed by atoms with van der Waals surface area (Å²) in [5.41, 5.74) is 7.58. The van der Waals surface area contributed by atoms with E-state index in [0.29, 0.717) is 5.56 Å². The van der Waals surface area contributed by atoms with Crippen LogP contribution in [0.15, 0.2) is 24.3 Å². The Morgan fingerprint density at radius 3 is 2.33 bits per heavy atom. The van der Waals surface area contributed by atoms with Gasteiger partial charge in [-0.05, 0) is 17.7 Å². The van der Waals surface area contributed by atoms with Gasteiger partial charge in [-0.15, -0.1) is 0 Å². The second-order valence-corrected chi connectivity index (χ2v) is 3.08. The predicted molar refractivity (Wildman–Crippen MR) is 53.3 cm³/mol. The van der Waals surface area contributed by atoms with Crippen molar-refractivity contribution in [3.05, 3.63) is 45.7 Å². The van der Waals surface area contributed by atoms with E-state index in [1.807, 2.05) is 0 Å². The molecule has 1 aromatic rings. The molecule has 0 aliphatic heterocycles. The zero-order chi connectivity index (χ0) is 11.4. The fraction of sp³-hybridized carbons (Fsp3) is 0.333. The van der Waals surface area contributed by atoms with Crippen molar-refractivity contribution in [3.63, 3.8) is 0 Å². The van der Waals surface area contributed by atoms with Gasteiger partial charge in [0.25, 0.3) is 5.69 Å². The first kappa shape index (κ1) is 11.6. The minimum Gasteiger partial charge on any atom is -0.670 e. The molecule has 2 atom stereocenters. The van der Waals surface area contributed by atoms with Crippen LogP contribution in [0.3, 0.4) is 0 Å². The highest BCUT2D eigenvalue weighted by atomic mass is 16.6. The summed E-state index contributed by atoms with van der Waals surface area (Å²) in [7, 11) is 0. The van der Waals surface area contributed by atoms with E-state index >= 15 is 0 Å². The van der Waals surface area contributed by atoms with Gasteiger partial charge in [0.05, 0.1) is 11.0 Å². The van der Waals surface area contributed by atoms with Crippen LogP contribution >= 0.6 is 0 Å². The quantitative estimate of drug-likeness (QED) is 0.573. The van der Waals surface area contributed by atoms with E-state index in [4.69, 9.17) is 10.8 Å². The molecule has 0 bridgehead atoms. The van der Waals surface area contributed by atoms with Crippen molar-refractivity contribution in [2.24, 2.45) is 0 Å². The normalized spacial score (nSPS) is 14.6. The first-order valence-corrected chi connectivity index (χ1v) is 4.30. The fourth-order valence-electron chi connectivity index (χ4n) is 1.13. The number of aliphatic hydroxyl groups excluding tert-OH is 2. The van der Waals surface area contributed by atoms with Crippen LogP contribution in [0, 0.1) is 10.1 Å². The molecule has 6 nitrogen and oxygen atoms in total. The van der Waals surface area contributed by atoms with Crippen molar-refractivity contribution in [1.29, 1.82) is 0 Å². The Morgan fingerprint density at radius 1 is 1.40 bits per heavy atom. The number of aliphatic hydroxyl groups is 2. The van der Waals surface area contributed by atoms with E-state index in [9.17, 15) is 15.2 Å². The molecule has 0 heterocycles. The van der Waals surface area contributed by atoms with Gasteiger partial charge in [0.2, 0.25) is 0 Å². The molecule has 82 valence electrons. The average Bonchev–Trinajstić information content (AvgIpc) is 2.27. The van der Waals surface area contributed by atoms with Gasteiger partial charge >= 0.3 is 0 Å². The molecule has 1 rings (SSSR count). The van der Waals surface area contributed by atoms with E-state index in [0.717, 1.165) is 0 Å². The molecule has 3 N–H and O–H groups in total. The van der Waals surface area contributed by atoms with Gasteiger partial charge in [-0.25, -0.2) is 0 Å². The molecule has 0 aliphatic carbocycles. The molecule has 15 heavy (non-hydrogen) atoms. The van der Waals surface area contributed by atoms with Crippen molar-refractivity contribution in [3.8, 4) is 0 Å². The highest BCUT2D eigenvalue weighted by Crippen LogP contribution is 2.21. The zero-order valence-electron chi connectivity index (χ0n) is 7.83. The van der Waals surface area contributed by atoms with Crippen LogP contribution in [0.1, 0.15) is 11.7 Å². The van der Waals surface area contributed by atoms with Gasteiger partial charge in [0.15, 0.2) is 0 Å². The van der Waals surface area contributed by atoms with Crippen LogP contribution in [-0.4, -0.2) is 27.8 Å². The lowest BCUT2D eigenvalue weighted by atomic mass is 10.0. The molecule has 0 aromatic heterocycles. The number of hydrogen-bond donors (Lipinski definition) is 2. The first-order valence-electron chi connectivity index (χ1n) is 4.30. The minimum absolute atomic E-state index is 0.0727. The van der Waals surface area contributed by atoms with Crippen molar-refractivity contribution in [2.75, 3.05) is 6.61 Å². The summed E-state index contributed by atoms with van der Waals surface area (Å²) in [6.07, 6.45) is -1.13. The summed E-state index contributed by atoms with van der Waals surface area (Å²) in [4.78, 5) is 9.80. The summed E-state index contributed by atoms with van der Waals surface area (Å²) >= 11 is 0. The van der Waals surface area contributed by atoms with Crippen LogP contribution in [-0.2, 0) is 0 Å². The zero-order valence-corrected chi connectivity index (χ0v) is 7.83. The van der Waals surface area contributed by atoms with Gasteiger partial charge in [0, 0.05) is 18.7 Å². The number of nitrogens with one attached hydrogen (secondary N) is 1. The molecule has 0 radical (unpaired) electrons. The average molecular weight is 211 g/mol. The van der Waals surface area contributed by atoms with Crippen molar-refractivity contribution in [1.82, 2.24) is 0 Å². The highest BCUT2D eigenvalue weighted by molar-refractivity contribution is 5.34. The fourth-order valence-corrected chi connectivity index (χ4v) is 1.13. The summed E-state index contributed by atoms with van der Waals surface area (Å²) < 4.78 is 0. The molecule has 0 aliphatic rings. The van der Waals surface area contributed by atoms with E-state index in [-0.39, 0.29) is 5.69 Å². The molecule has 0 saturated carbocycles. The third-order valence-corrected chi connectivity index (χ3v) is 2.02. The number of nitro benzene ring substituents is 1. The SMILES string of the molecule is [NH-]C(CO)C(O)c1ccc([N+](=O)[O-])cc1. The third-order valence-electron chi connectivity index (χ3n) is 2.02. The summed E-state index contributed by atoms with van der Waals surface area (Å²) in [5, 5.41) is 28.5. The molecule has 0 amide bonds. The largest absolute Gasteiger partial charge is 0.670 e. The third kappa shape index (κ3) is 2.72. The number of non-ortho nitro benzene ring substituents is 1. The second kappa shape index (κ2) is 4.83. The lowest BCUT2D eigenvalue weighted by Gasteiger charge is -2.23. The number of nitro groups is 1. The molecular weight excluding hydrogens is 200 g/mol. The standard InChI is InChI=1S/C9H11N2O4/c10-8(5-12)9(13)6-1-3-7(4-2-6)11(14)15/h1-4,8-10,12-13H,5H2/q-1. The summed E-state index contributed by atoms with van der Waals surface area (Å²) in [6, 6.07) is 4.22. The Bertz CT molecular complexity index is 338. The van der Waals surface area contributed by atoms with Gasteiger partial charge in [0.1, 0.15) is 0 Å². The monoisotopic (exact) mass is 211 g/mol. The van der Waals surface area contributed by atoms with E-state index in [2.05, 4.69) is 0 Å². The number of benzene rings is 1. The molecule has 0 spiro atoms. The number of hydrogen-bond acceptors (Lipinski definition) is 4. The van der Waals surface area contributed by atoms with Crippen molar-refractivity contribution >= 4 is 5.69 Å². The molecule has 1 aromatic carbocycles. The van der Waals surface area contributed by atoms with Crippen molar-refractivity contribution < 1.29 is 15.1 Å². The van der Waals surface area contributed by atoms with Gasteiger partial charge in [-0.3, -0.25) is 10.1 Å². The van der Waals surface area contributed by atoms with Gasteiger partial charge in [-0.2, -0.15) is 0 Å². The topological polar surface area (TPSA) is 107 Å². The first-order chi connectivity index (χ1) is 7.06. The molecular formula is C9H11N2O4-. The molecule has 0 fully saturated rings. The Labute approximate surface area is 86.1 Å². The lowest BCUT2D eigenvalue weighted by molar-refractivity contribution is -0.384. The Hall–Kier alpha value is -1.50. The maximum Gasteiger partial charge on any atom is 0.269 e. The van der Waals surface area contributed by atoms with Gasteiger partial charge < -0.3 is 15.9 Å². The second-order valence-electron chi connectivity index (χ2n) is 3.08. The van der Waals surface area contributed by atoms with Crippen molar-refractivity contribution in [2.45, 2.75) is 12.1 Å². The van der Waals surface area contributed by atoms with Crippen LogP contribution in [0.25, 0.3) is 5.73 Å². The van der Waals surface area contributed by atoms with Crippen LogP contribution in [0.2, 0.25) is 0 Å². The lowest BCUT2D eigenvalue weighted by Crippen LogP contribution is -2.18. The maximum absolute atomic E-state index is 10.3. The van der Waals surface area contributed by atoms with Crippen LogP contribution in [0.4, 0.5) is 5.69 Å². The Balaban J connectivity index is 2.84. The molecule has 6 heteroatoms. The van der Waals surface area contributed by atoms with E-state index in [1.165, 1.54) is 24.3 Å². The molecule has 2 unspecified atom stereocenters. The van der Waals surface area contributed by atoms with E-state index in [1.54, 1.807) is 0 Å². The highest BCUT2D eigenvalue weighted by Gasteiger charge is 2.12. The van der Waals surface area contributed by atoms with Crippen LogP contribution < -0.4 is 0 Å². The van der Waals surface area contributed by atoms with E-state index < -0.39 is 23.7 Å². The summed E-state index contributed by atoms with van der Waals surface area (Å²) in [6.45, 7) is -0.460. The minimum atomic E-state index is -1.13. The number of rotatable bonds is 4. The predicted octanol–water partition coefficient (Wildman–Crippen LogP) is 1.04.